The first-order valence-corrected chi connectivity index (χ1v) is 9.32. The first-order chi connectivity index (χ1) is 11.6. The van der Waals surface area contributed by atoms with Crippen molar-refractivity contribution < 1.29 is 9.53 Å². The Morgan fingerprint density at radius 3 is 2.54 bits per heavy atom. The summed E-state index contributed by atoms with van der Waals surface area (Å²) in [4.78, 5) is 15.0. The quantitative estimate of drug-likeness (QED) is 0.807. The molecule has 0 spiro atoms. The Kier molecular flexibility index (Phi) is 5.14. The van der Waals surface area contributed by atoms with Crippen LogP contribution in [0.25, 0.3) is 0 Å². The Hall–Kier alpha value is -1.94. The molecular weight excluding hydrogens is 318 g/mol. The number of hydrogen-bond donors (Lipinski definition) is 0. The molecule has 0 N–H and O–H groups in total. The Balaban J connectivity index is 1.86. The van der Waals surface area contributed by atoms with Gasteiger partial charge in [0.2, 0.25) is 0 Å². The van der Waals surface area contributed by atoms with Crippen molar-refractivity contribution >= 4 is 17.7 Å². The summed E-state index contributed by atoms with van der Waals surface area (Å²) in [6, 6.07) is 16.1. The van der Waals surface area contributed by atoms with E-state index in [4.69, 9.17) is 4.74 Å². The molecule has 1 aliphatic rings. The smallest absolute Gasteiger partial charge is 0.258 e. The average Bonchev–Trinajstić information content (AvgIpc) is 3.10. The lowest BCUT2D eigenvalue weighted by Crippen LogP contribution is -2.30. The van der Waals surface area contributed by atoms with Crippen LogP contribution in [0.4, 0.5) is 0 Å². The molecule has 1 fully saturated rings. The molecule has 0 bridgehead atoms. The van der Waals surface area contributed by atoms with Gasteiger partial charge in [0.05, 0.1) is 12.7 Å². The summed E-state index contributed by atoms with van der Waals surface area (Å²) in [6.45, 7) is 5.14. The SMILES string of the molecule is COc1ccccc1C(=O)N1CCSC1c1ccc(C(C)C)cc1. The van der Waals surface area contributed by atoms with Gasteiger partial charge in [-0.15, -0.1) is 11.8 Å². The van der Waals surface area contributed by atoms with Crippen molar-refractivity contribution in [3.63, 3.8) is 0 Å². The van der Waals surface area contributed by atoms with E-state index in [1.165, 1.54) is 11.1 Å². The number of ether oxygens (including phenoxy) is 1. The normalized spacial score (nSPS) is 17.3. The van der Waals surface area contributed by atoms with E-state index < -0.39 is 0 Å². The second-order valence-corrected chi connectivity index (χ2v) is 7.43. The zero-order chi connectivity index (χ0) is 17.1. The fourth-order valence-electron chi connectivity index (χ4n) is 2.98. The fraction of sp³-hybridized carbons (Fsp3) is 0.350. The van der Waals surface area contributed by atoms with E-state index in [1.807, 2.05) is 40.9 Å². The van der Waals surface area contributed by atoms with Crippen LogP contribution in [0, 0.1) is 0 Å². The molecule has 2 aromatic carbocycles. The van der Waals surface area contributed by atoms with Crippen molar-refractivity contribution in [1.29, 1.82) is 0 Å². The number of methoxy groups -OCH3 is 1. The summed E-state index contributed by atoms with van der Waals surface area (Å²) >= 11 is 1.82. The molecule has 1 heterocycles. The topological polar surface area (TPSA) is 29.5 Å². The van der Waals surface area contributed by atoms with E-state index in [-0.39, 0.29) is 11.3 Å². The van der Waals surface area contributed by atoms with Gasteiger partial charge in [-0.3, -0.25) is 4.79 Å². The lowest BCUT2D eigenvalue weighted by molar-refractivity contribution is 0.0757. The molecule has 0 aliphatic carbocycles. The third kappa shape index (κ3) is 3.29. The van der Waals surface area contributed by atoms with Gasteiger partial charge < -0.3 is 9.64 Å². The number of amides is 1. The third-order valence-electron chi connectivity index (χ3n) is 4.38. The van der Waals surface area contributed by atoms with Crippen LogP contribution >= 0.6 is 11.8 Å². The number of para-hydroxylation sites is 1. The summed E-state index contributed by atoms with van der Waals surface area (Å²) in [7, 11) is 1.60. The van der Waals surface area contributed by atoms with Gasteiger partial charge in [-0.1, -0.05) is 50.2 Å². The number of carbonyl (C=O) groups excluding carboxylic acids is 1. The first-order valence-electron chi connectivity index (χ1n) is 8.27. The van der Waals surface area contributed by atoms with Crippen LogP contribution in [0.15, 0.2) is 48.5 Å². The minimum absolute atomic E-state index is 0.0374. The Labute approximate surface area is 148 Å². The van der Waals surface area contributed by atoms with Crippen molar-refractivity contribution in [2.24, 2.45) is 0 Å². The average molecular weight is 341 g/mol. The summed E-state index contributed by atoms with van der Waals surface area (Å²) in [6.07, 6.45) is 0. The molecule has 1 unspecified atom stereocenters. The molecule has 1 amide bonds. The van der Waals surface area contributed by atoms with Crippen LogP contribution in [0.2, 0.25) is 0 Å². The molecule has 3 rings (SSSR count). The van der Waals surface area contributed by atoms with E-state index in [9.17, 15) is 4.79 Å². The van der Waals surface area contributed by atoms with Gasteiger partial charge in [-0.05, 0) is 29.2 Å². The highest BCUT2D eigenvalue weighted by Crippen LogP contribution is 2.39. The number of thioether (sulfide) groups is 1. The lowest BCUT2D eigenvalue weighted by atomic mass is 10.0. The molecule has 24 heavy (non-hydrogen) atoms. The second kappa shape index (κ2) is 7.31. The van der Waals surface area contributed by atoms with Gasteiger partial charge in [0.25, 0.3) is 5.91 Å². The van der Waals surface area contributed by atoms with Gasteiger partial charge in [-0.2, -0.15) is 0 Å². The summed E-state index contributed by atoms with van der Waals surface area (Å²) in [5.41, 5.74) is 3.14. The molecule has 1 atom stereocenters. The second-order valence-electron chi connectivity index (χ2n) is 6.24. The fourth-order valence-corrected chi connectivity index (χ4v) is 4.23. The van der Waals surface area contributed by atoms with Gasteiger partial charge in [-0.25, -0.2) is 0 Å². The number of benzene rings is 2. The maximum Gasteiger partial charge on any atom is 0.258 e. The Morgan fingerprint density at radius 2 is 1.88 bits per heavy atom. The molecule has 2 aromatic rings. The van der Waals surface area contributed by atoms with Gasteiger partial charge in [0.15, 0.2) is 0 Å². The highest BCUT2D eigenvalue weighted by Gasteiger charge is 2.32. The number of rotatable bonds is 4. The maximum atomic E-state index is 13.0. The minimum atomic E-state index is 0.0374. The molecule has 1 aliphatic heterocycles. The molecule has 1 saturated heterocycles. The molecule has 126 valence electrons. The summed E-state index contributed by atoms with van der Waals surface area (Å²) in [5, 5.41) is 0.0728. The van der Waals surface area contributed by atoms with E-state index in [0.717, 1.165) is 12.3 Å². The van der Waals surface area contributed by atoms with Crippen molar-refractivity contribution in [2.45, 2.75) is 25.1 Å². The minimum Gasteiger partial charge on any atom is -0.496 e. The lowest BCUT2D eigenvalue weighted by Gasteiger charge is -2.25. The van der Waals surface area contributed by atoms with Crippen LogP contribution in [0.3, 0.4) is 0 Å². The molecule has 3 nitrogen and oxygen atoms in total. The maximum absolute atomic E-state index is 13.0. The highest BCUT2D eigenvalue weighted by molar-refractivity contribution is 7.99. The van der Waals surface area contributed by atoms with Crippen LogP contribution in [0.1, 0.15) is 46.6 Å². The Bertz CT molecular complexity index is 712. The first kappa shape index (κ1) is 16.9. The van der Waals surface area contributed by atoms with E-state index >= 15 is 0 Å². The standard InChI is InChI=1S/C20H23NO2S/c1-14(2)15-8-10-16(11-9-15)20-21(12-13-24-20)19(22)17-6-4-5-7-18(17)23-3/h4-11,14,20H,12-13H2,1-3H3. The summed E-state index contributed by atoms with van der Waals surface area (Å²) < 4.78 is 5.35. The zero-order valence-corrected chi connectivity index (χ0v) is 15.2. The van der Waals surface area contributed by atoms with Gasteiger partial charge in [0, 0.05) is 12.3 Å². The molecule has 0 aromatic heterocycles. The predicted octanol–water partition coefficient (Wildman–Crippen LogP) is 4.71. The van der Waals surface area contributed by atoms with Crippen LogP contribution in [-0.4, -0.2) is 30.2 Å². The zero-order valence-electron chi connectivity index (χ0n) is 14.4. The monoisotopic (exact) mass is 341 g/mol. The van der Waals surface area contributed by atoms with Gasteiger partial charge in [0.1, 0.15) is 11.1 Å². The molecule has 4 heteroatoms. The van der Waals surface area contributed by atoms with E-state index in [2.05, 4.69) is 38.1 Å². The van der Waals surface area contributed by atoms with Crippen LogP contribution in [0.5, 0.6) is 5.75 Å². The predicted molar refractivity (Wildman–Crippen MR) is 99.8 cm³/mol. The van der Waals surface area contributed by atoms with Crippen molar-refractivity contribution in [3.05, 3.63) is 65.2 Å². The third-order valence-corrected chi connectivity index (χ3v) is 5.64. The summed E-state index contributed by atoms with van der Waals surface area (Å²) in [5.74, 6) is 2.14. The van der Waals surface area contributed by atoms with E-state index in [0.29, 0.717) is 17.2 Å². The van der Waals surface area contributed by atoms with Crippen molar-refractivity contribution in [2.75, 3.05) is 19.4 Å². The van der Waals surface area contributed by atoms with Crippen molar-refractivity contribution in [1.82, 2.24) is 4.90 Å². The number of nitrogens with zero attached hydrogens (tertiary/aromatic N) is 1. The van der Waals surface area contributed by atoms with Gasteiger partial charge >= 0.3 is 0 Å². The van der Waals surface area contributed by atoms with Crippen LogP contribution in [-0.2, 0) is 0 Å². The molecular formula is C20H23NO2S. The Morgan fingerprint density at radius 1 is 1.17 bits per heavy atom. The van der Waals surface area contributed by atoms with E-state index in [1.54, 1.807) is 7.11 Å². The molecule has 0 saturated carbocycles. The number of carbonyl (C=O) groups is 1. The number of hydrogen-bond acceptors (Lipinski definition) is 3. The largest absolute Gasteiger partial charge is 0.496 e. The van der Waals surface area contributed by atoms with Crippen LogP contribution < -0.4 is 4.74 Å². The highest BCUT2D eigenvalue weighted by atomic mass is 32.2. The molecule has 0 radical (unpaired) electrons. The van der Waals surface area contributed by atoms with Crippen molar-refractivity contribution in [3.8, 4) is 5.75 Å².